The zero-order chi connectivity index (χ0) is 18.1. The van der Waals surface area contributed by atoms with Crippen LogP contribution in [0.5, 0.6) is 0 Å². The lowest BCUT2D eigenvalue weighted by Crippen LogP contribution is -2.17. The third-order valence-corrected chi connectivity index (χ3v) is 3.78. The van der Waals surface area contributed by atoms with Crippen LogP contribution in [0.4, 0.5) is 18.9 Å². The van der Waals surface area contributed by atoms with Gasteiger partial charge < -0.3 is 5.32 Å². The maximum atomic E-state index is 13.1. The maximum absolute atomic E-state index is 13.1. The first-order chi connectivity index (χ1) is 11.0. The lowest BCUT2D eigenvalue weighted by molar-refractivity contribution is -0.136. The number of hydrogen-bond acceptors (Lipinski definition) is 1. The van der Waals surface area contributed by atoms with E-state index in [1.807, 2.05) is 20.8 Å². The Bertz CT molecular complexity index is 746. The predicted octanol–water partition coefficient (Wildman–Crippen LogP) is 5.91. The number of anilines is 1. The van der Waals surface area contributed by atoms with Gasteiger partial charge in [-0.15, -0.1) is 0 Å². The number of rotatable bonds is 2. The molecule has 0 aliphatic rings. The van der Waals surface area contributed by atoms with Crippen LogP contribution in [0.25, 0.3) is 0 Å². The molecule has 0 aromatic heterocycles. The molecule has 2 nitrogen and oxygen atoms in total. The predicted molar refractivity (Wildman–Crippen MR) is 89.5 cm³/mol. The number of alkyl halides is 3. The monoisotopic (exact) mass is 355 g/mol. The fourth-order valence-electron chi connectivity index (χ4n) is 2.18. The van der Waals surface area contributed by atoms with E-state index in [9.17, 15) is 18.0 Å². The minimum absolute atomic E-state index is 0.0464. The van der Waals surface area contributed by atoms with Crippen molar-refractivity contribution in [3.05, 3.63) is 64.2 Å². The largest absolute Gasteiger partial charge is 0.418 e. The van der Waals surface area contributed by atoms with Crippen LogP contribution < -0.4 is 5.32 Å². The minimum Gasteiger partial charge on any atom is -0.321 e. The molecule has 1 N–H and O–H groups in total. The molecule has 2 rings (SSSR count). The average Bonchev–Trinajstić information content (AvgIpc) is 2.47. The lowest BCUT2D eigenvalue weighted by atomic mass is 9.86. The standard InChI is InChI=1S/C18H17ClF3NO/c1-17(2,3)12-6-4-11(5-7-12)16(24)23-15-9-8-13(19)10-14(15)18(20,21)22/h4-10H,1-3H3,(H,23,24). The highest BCUT2D eigenvalue weighted by Crippen LogP contribution is 2.36. The summed E-state index contributed by atoms with van der Waals surface area (Å²) in [6, 6.07) is 10.0. The van der Waals surface area contributed by atoms with Crippen LogP contribution in [0, 0.1) is 0 Å². The molecule has 0 saturated heterocycles. The van der Waals surface area contributed by atoms with E-state index in [-0.39, 0.29) is 21.7 Å². The summed E-state index contributed by atoms with van der Waals surface area (Å²) in [4.78, 5) is 12.2. The van der Waals surface area contributed by atoms with Crippen LogP contribution in [0.2, 0.25) is 5.02 Å². The second-order valence-electron chi connectivity index (χ2n) is 6.47. The van der Waals surface area contributed by atoms with E-state index in [4.69, 9.17) is 11.6 Å². The highest BCUT2D eigenvalue weighted by molar-refractivity contribution is 6.30. The highest BCUT2D eigenvalue weighted by Gasteiger charge is 2.34. The fraction of sp³-hybridized carbons (Fsp3) is 0.278. The first-order valence-electron chi connectivity index (χ1n) is 7.27. The van der Waals surface area contributed by atoms with Crippen LogP contribution >= 0.6 is 11.6 Å². The van der Waals surface area contributed by atoms with Crippen molar-refractivity contribution >= 4 is 23.2 Å². The van der Waals surface area contributed by atoms with Crippen molar-refractivity contribution in [3.8, 4) is 0 Å². The van der Waals surface area contributed by atoms with Crippen LogP contribution in [-0.4, -0.2) is 5.91 Å². The van der Waals surface area contributed by atoms with Gasteiger partial charge in [-0.25, -0.2) is 0 Å². The molecule has 0 radical (unpaired) electrons. The topological polar surface area (TPSA) is 29.1 Å². The van der Waals surface area contributed by atoms with E-state index in [2.05, 4.69) is 5.32 Å². The Morgan fingerprint density at radius 2 is 1.58 bits per heavy atom. The molecule has 0 bridgehead atoms. The molecule has 0 unspecified atom stereocenters. The second-order valence-corrected chi connectivity index (χ2v) is 6.91. The summed E-state index contributed by atoms with van der Waals surface area (Å²) >= 11 is 5.62. The van der Waals surface area contributed by atoms with Crippen LogP contribution in [0.15, 0.2) is 42.5 Å². The maximum Gasteiger partial charge on any atom is 0.418 e. The van der Waals surface area contributed by atoms with Crippen molar-refractivity contribution in [2.45, 2.75) is 32.4 Å². The van der Waals surface area contributed by atoms with E-state index in [1.54, 1.807) is 24.3 Å². The summed E-state index contributed by atoms with van der Waals surface area (Å²) in [5.74, 6) is -0.608. The molecule has 0 spiro atoms. The van der Waals surface area contributed by atoms with Crippen molar-refractivity contribution in [2.75, 3.05) is 5.32 Å². The van der Waals surface area contributed by atoms with Gasteiger partial charge in [-0.1, -0.05) is 44.5 Å². The summed E-state index contributed by atoms with van der Waals surface area (Å²) in [5.41, 5.74) is -0.0617. The van der Waals surface area contributed by atoms with Gasteiger partial charge in [0, 0.05) is 10.6 Å². The molecule has 1 amide bonds. The van der Waals surface area contributed by atoms with E-state index in [1.165, 1.54) is 6.07 Å². The van der Waals surface area contributed by atoms with Crippen LogP contribution in [-0.2, 0) is 11.6 Å². The molecule has 2 aromatic carbocycles. The summed E-state index contributed by atoms with van der Waals surface area (Å²) in [6.07, 6.45) is -4.61. The van der Waals surface area contributed by atoms with E-state index >= 15 is 0 Å². The Labute approximate surface area is 143 Å². The van der Waals surface area contributed by atoms with Crippen LogP contribution in [0.1, 0.15) is 42.3 Å². The molecule has 0 saturated carbocycles. The number of hydrogen-bond donors (Lipinski definition) is 1. The van der Waals surface area contributed by atoms with Gasteiger partial charge in [0.1, 0.15) is 0 Å². The smallest absolute Gasteiger partial charge is 0.321 e. The zero-order valence-corrected chi connectivity index (χ0v) is 14.2. The van der Waals surface area contributed by atoms with Gasteiger partial charge in [0.05, 0.1) is 11.3 Å². The molecule has 0 atom stereocenters. The number of halogens is 4. The Balaban J connectivity index is 2.27. The lowest BCUT2D eigenvalue weighted by Gasteiger charge is -2.19. The van der Waals surface area contributed by atoms with Gasteiger partial charge in [-0.3, -0.25) is 4.79 Å². The molecule has 0 aliphatic heterocycles. The van der Waals surface area contributed by atoms with Gasteiger partial charge in [-0.05, 0) is 41.3 Å². The molecule has 2 aromatic rings. The van der Waals surface area contributed by atoms with Crippen molar-refractivity contribution < 1.29 is 18.0 Å². The van der Waals surface area contributed by atoms with Gasteiger partial charge in [0.25, 0.3) is 5.91 Å². The van der Waals surface area contributed by atoms with Crippen molar-refractivity contribution in [2.24, 2.45) is 0 Å². The minimum atomic E-state index is -4.61. The number of carbonyl (C=O) groups is 1. The van der Waals surface area contributed by atoms with Crippen molar-refractivity contribution in [1.29, 1.82) is 0 Å². The fourth-order valence-corrected chi connectivity index (χ4v) is 2.35. The number of carbonyl (C=O) groups excluding carboxylic acids is 1. The second kappa shape index (κ2) is 6.48. The third kappa shape index (κ3) is 4.29. The quantitative estimate of drug-likeness (QED) is 0.713. The molecule has 0 fully saturated rings. The first kappa shape index (κ1) is 18.3. The first-order valence-corrected chi connectivity index (χ1v) is 7.65. The summed E-state index contributed by atoms with van der Waals surface area (Å²) in [5, 5.41) is 2.25. The summed E-state index contributed by atoms with van der Waals surface area (Å²) < 4.78 is 39.2. The Hall–Kier alpha value is -2.01. The Morgan fingerprint density at radius 1 is 1.00 bits per heavy atom. The molecule has 0 heterocycles. The molecular weight excluding hydrogens is 339 g/mol. The normalized spacial score (nSPS) is 12.1. The zero-order valence-electron chi connectivity index (χ0n) is 13.5. The molecule has 128 valence electrons. The number of benzene rings is 2. The van der Waals surface area contributed by atoms with Gasteiger partial charge in [0.2, 0.25) is 0 Å². The summed E-state index contributed by atoms with van der Waals surface area (Å²) in [6.45, 7) is 6.10. The van der Waals surface area contributed by atoms with Gasteiger partial charge in [0.15, 0.2) is 0 Å². The third-order valence-electron chi connectivity index (χ3n) is 3.55. The molecule has 0 aliphatic carbocycles. The van der Waals surface area contributed by atoms with Gasteiger partial charge in [-0.2, -0.15) is 13.2 Å². The van der Waals surface area contributed by atoms with Crippen molar-refractivity contribution in [3.63, 3.8) is 0 Å². The Kier molecular flexibility index (Phi) is 4.95. The van der Waals surface area contributed by atoms with Crippen molar-refractivity contribution in [1.82, 2.24) is 0 Å². The molecule has 24 heavy (non-hydrogen) atoms. The van der Waals surface area contributed by atoms with Crippen LogP contribution in [0.3, 0.4) is 0 Å². The van der Waals surface area contributed by atoms with E-state index in [0.717, 1.165) is 17.7 Å². The Morgan fingerprint density at radius 3 is 2.08 bits per heavy atom. The number of nitrogens with one attached hydrogen (secondary N) is 1. The average molecular weight is 356 g/mol. The SMILES string of the molecule is CC(C)(C)c1ccc(C(=O)Nc2ccc(Cl)cc2C(F)(F)F)cc1. The number of amides is 1. The van der Waals surface area contributed by atoms with E-state index in [0.29, 0.717) is 0 Å². The van der Waals surface area contributed by atoms with E-state index < -0.39 is 17.6 Å². The molecule has 6 heteroatoms. The molecular formula is C18H17ClF3NO. The summed E-state index contributed by atoms with van der Waals surface area (Å²) in [7, 11) is 0. The highest BCUT2D eigenvalue weighted by atomic mass is 35.5. The van der Waals surface area contributed by atoms with Gasteiger partial charge >= 0.3 is 6.18 Å².